The lowest BCUT2D eigenvalue weighted by Crippen LogP contribution is -2.68. The monoisotopic (exact) mass is 288 g/mol. The molecule has 0 saturated carbocycles. The Morgan fingerprint density at radius 2 is 2.26 bits per heavy atom. The summed E-state index contributed by atoms with van der Waals surface area (Å²) in [6.45, 7) is 1.12. The van der Waals surface area contributed by atoms with E-state index in [-0.39, 0.29) is 17.9 Å². The number of nitrogens with zero attached hydrogens (tertiary/aromatic N) is 1. The lowest BCUT2D eigenvalue weighted by atomic mass is 10.1. The molecule has 1 saturated heterocycles. The number of carbonyl (C=O) groups is 3. The van der Waals surface area contributed by atoms with E-state index in [9.17, 15) is 14.4 Å². The van der Waals surface area contributed by atoms with Crippen molar-refractivity contribution in [1.82, 2.24) is 4.90 Å². The van der Waals surface area contributed by atoms with Gasteiger partial charge in [-0.15, -0.1) is 11.8 Å². The van der Waals surface area contributed by atoms with E-state index in [1.54, 1.807) is 0 Å². The highest BCUT2D eigenvalue weighted by atomic mass is 32.2. The molecule has 0 radical (unpaired) electrons. The summed E-state index contributed by atoms with van der Waals surface area (Å²) in [5.41, 5.74) is 6.04. The van der Waals surface area contributed by atoms with Gasteiger partial charge in [-0.1, -0.05) is 0 Å². The van der Waals surface area contributed by atoms with Gasteiger partial charge >= 0.3 is 12.1 Å². The second-order valence-electron chi connectivity index (χ2n) is 3.99. The summed E-state index contributed by atoms with van der Waals surface area (Å²) in [6.07, 6.45) is -1.53. The van der Waals surface area contributed by atoms with Crippen LogP contribution in [0.3, 0.4) is 0 Å². The molecule has 8 nitrogen and oxygen atoms in total. The lowest BCUT2D eigenvalue weighted by molar-refractivity contribution is -0.144. The summed E-state index contributed by atoms with van der Waals surface area (Å²) < 4.78 is 9.44. The number of carboxylic acid groups (broad SMARTS) is 1. The number of esters is 1. The van der Waals surface area contributed by atoms with Gasteiger partial charge in [0.2, 0.25) is 11.8 Å². The molecule has 2 aliphatic rings. The number of nitrogens with two attached hydrogens (primary N) is 1. The number of ether oxygens (including phenoxy) is 2. The quantitative estimate of drug-likeness (QED) is 0.536. The van der Waals surface area contributed by atoms with Crippen LogP contribution >= 0.6 is 11.8 Å². The highest BCUT2D eigenvalue weighted by molar-refractivity contribution is 8.00. The van der Waals surface area contributed by atoms with E-state index in [1.807, 2.05) is 0 Å². The van der Waals surface area contributed by atoms with Crippen molar-refractivity contribution in [3.05, 3.63) is 11.5 Å². The third-order valence-electron chi connectivity index (χ3n) is 2.67. The number of rotatable bonds is 3. The Balaban J connectivity index is 2.23. The van der Waals surface area contributed by atoms with Gasteiger partial charge < -0.3 is 20.3 Å². The Hall–Kier alpha value is -1.74. The zero-order chi connectivity index (χ0) is 14.2. The normalized spacial score (nSPS) is 25.6. The minimum atomic E-state index is -1.53. The number of hydrogen-bond acceptors (Lipinski definition) is 7. The minimum Gasteiger partial charge on any atom is -0.461 e. The van der Waals surface area contributed by atoms with Crippen molar-refractivity contribution in [3.63, 3.8) is 0 Å². The van der Waals surface area contributed by atoms with Crippen molar-refractivity contribution in [2.45, 2.75) is 18.3 Å². The first-order valence-electron chi connectivity index (χ1n) is 5.38. The molecule has 0 bridgehead atoms. The van der Waals surface area contributed by atoms with Crippen molar-refractivity contribution in [2.75, 3.05) is 12.4 Å². The van der Waals surface area contributed by atoms with Crippen LogP contribution in [-0.4, -0.2) is 51.8 Å². The van der Waals surface area contributed by atoms with E-state index in [2.05, 4.69) is 4.74 Å². The van der Waals surface area contributed by atoms with Crippen LogP contribution in [0.4, 0.5) is 4.79 Å². The topological polar surface area (TPSA) is 119 Å². The number of β-lactam (4-membered cyclic amide) rings is 1. The van der Waals surface area contributed by atoms with Gasteiger partial charge in [-0.05, 0) is 0 Å². The molecule has 3 N–H and O–H groups in total. The number of hydrogen-bond donors (Lipinski definition) is 2. The molecule has 2 aliphatic heterocycles. The average Bonchev–Trinajstić information content (AvgIpc) is 2.34. The van der Waals surface area contributed by atoms with Crippen LogP contribution in [-0.2, 0) is 19.1 Å². The van der Waals surface area contributed by atoms with Crippen molar-refractivity contribution in [1.29, 1.82) is 0 Å². The van der Waals surface area contributed by atoms with Gasteiger partial charge in [0.1, 0.15) is 18.0 Å². The predicted molar refractivity (Wildman–Crippen MR) is 63.8 cm³/mol. The fourth-order valence-electron chi connectivity index (χ4n) is 1.79. The lowest BCUT2D eigenvalue weighted by Gasteiger charge is -2.47. The van der Waals surface area contributed by atoms with Crippen LogP contribution in [0.2, 0.25) is 0 Å². The Bertz CT molecular complexity index is 477. The predicted octanol–water partition coefficient (Wildman–Crippen LogP) is -0.302. The molecule has 1 fully saturated rings. The standard InChI is InChI=1S/C10H12N2O6S/c1-4(13)17-2-5-3-19-9-6(11)7(14)12(9)8(5)18-10(15)16/h6,9H,2-3,11H2,1H3,(H,15,16)/t6?,9-/m0/s1. The largest absolute Gasteiger partial charge is 0.512 e. The highest BCUT2D eigenvalue weighted by Crippen LogP contribution is 2.39. The first-order chi connectivity index (χ1) is 8.91. The van der Waals surface area contributed by atoms with E-state index >= 15 is 0 Å². The molecule has 0 aromatic rings. The van der Waals surface area contributed by atoms with Crippen LogP contribution in [0, 0.1) is 0 Å². The van der Waals surface area contributed by atoms with Crippen molar-refractivity contribution in [2.24, 2.45) is 5.73 Å². The molecule has 19 heavy (non-hydrogen) atoms. The van der Waals surface area contributed by atoms with Crippen LogP contribution in [0.25, 0.3) is 0 Å². The number of amides is 1. The molecule has 0 aliphatic carbocycles. The SMILES string of the molecule is CC(=O)OCC1=C(OC(=O)O)N2C(=O)C(N)[C@@H]2SC1. The molecule has 2 rings (SSSR count). The maximum absolute atomic E-state index is 11.6. The molecule has 2 heterocycles. The van der Waals surface area contributed by atoms with Gasteiger partial charge in [0.15, 0.2) is 0 Å². The minimum absolute atomic E-state index is 0.0933. The number of carbonyl (C=O) groups excluding carboxylic acids is 2. The van der Waals surface area contributed by atoms with Gasteiger partial charge in [-0.3, -0.25) is 14.5 Å². The molecule has 0 aromatic carbocycles. The van der Waals surface area contributed by atoms with Crippen LogP contribution in [0.5, 0.6) is 0 Å². The van der Waals surface area contributed by atoms with Gasteiger partial charge in [-0.2, -0.15) is 0 Å². The molecular weight excluding hydrogens is 276 g/mol. The molecule has 104 valence electrons. The van der Waals surface area contributed by atoms with Crippen LogP contribution in [0.15, 0.2) is 11.5 Å². The van der Waals surface area contributed by atoms with E-state index in [1.165, 1.54) is 23.6 Å². The van der Waals surface area contributed by atoms with Crippen LogP contribution < -0.4 is 5.73 Å². The molecule has 1 amide bonds. The summed E-state index contributed by atoms with van der Waals surface area (Å²) in [7, 11) is 0. The maximum atomic E-state index is 11.6. The summed E-state index contributed by atoms with van der Waals surface area (Å²) >= 11 is 1.37. The Kier molecular flexibility index (Phi) is 3.67. The highest BCUT2D eigenvalue weighted by Gasteiger charge is 2.51. The third kappa shape index (κ3) is 2.51. The van der Waals surface area contributed by atoms with Crippen LogP contribution in [0.1, 0.15) is 6.92 Å². The zero-order valence-corrected chi connectivity index (χ0v) is 10.8. The molecular formula is C10H12N2O6S. The van der Waals surface area contributed by atoms with E-state index in [4.69, 9.17) is 15.6 Å². The Morgan fingerprint density at radius 3 is 2.84 bits per heavy atom. The summed E-state index contributed by atoms with van der Waals surface area (Å²) in [5.74, 6) is -0.614. The van der Waals surface area contributed by atoms with Crippen molar-refractivity contribution in [3.8, 4) is 0 Å². The first-order valence-corrected chi connectivity index (χ1v) is 6.43. The Labute approximate surface area is 112 Å². The van der Waals surface area contributed by atoms with Gasteiger partial charge in [-0.25, -0.2) is 4.79 Å². The van der Waals surface area contributed by atoms with E-state index in [0.717, 1.165) is 0 Å². The Morgan fingerprint density at radius 1 is 1.58 bits per heavy atom. The summed E-state index contributed by atoms with van der Waals surface area (Å²) in [4.78, 5) is 34.3. The van der Waals surface area contributed by atoms with Gasteiger partial charge in [0, 0.05) is 18.2 Å². The van der Waals surface area contributed by atoms with E-state index < -0.39 is 24.1 Å². The zero-order valence-electron chi connectivity index (χ0n) is 9.99. The second-order valence-corrected chi connectivity index (χ2v) is 5.10. The molecule has 0 spiro atoms. The third-order valence-corrected chi connectivity index (χ3v) is 4.03. The molecule has 0 aromatic heterocycles. The first kappa shape index (κ1) is 13.7. The number of fused-ring (bicyclic) bond motifs is 1. The second kappa shape index (κ2) is 5.10. The van der Waals surface area contributed by atoms with Gasteiger partial charge in [0.25, 0.3) is 0 Å². The van der Waals surface area contributed by atoms with Crippen molar-refractivity contribution >= 4 is 29.8 Å². The smallest absolute Gasteiger partial charge is 0.461 e. The van der Waals surface area contributed by atoms with Crippen molar-refractivity contribution < 1.29 is 29.0 Å². The maximum Gasteiger partial charge on any atom is 0.512 e. The fraction of sp³-hybridized carbons (Fsp3) is 0.500. The molecule has 9 heteroatoms. The molecule has 1 unspecified atom stereocenters. The van der Waals surface area contributed by atoms with E-state index in [0.29, 0.717) is 11.3 Å². The number of thioether (sulfide) groups is 1. The summed E-state index contributed by atoms with van der Waals surface area (Å²) in [6, 6.07) is -0.660. The average molecular weight is 288 g/mol. The summed E-state index contributed by atoms with van der Waals surface area (Å²) in [5, 5.41) is 8.37. The molecule has 2 atom stereocenters. The fourth-order valence-corrected chi connectivity index (χ4v) is 3.05. The van der Waals surface area contributed by atoms with Gasteiger partial charge in [0.05, 0.1) is 0 Å².